The predicted molar refractivity (Wildman–Crippen MR) is 106 cm³/mol. The molecule has 7 nitrogen and oxygen atoms in total. The second-order valence-electron chi connectivity index (χ2n) is 6.70. The highest BCUT2D eigenvalue weighted by molar-refractivity contribution is 6.03. The zero-order valence-corrected chi connectivity index (χ0v) is 15.9. The summed E-state index contributed by atoms with van der Waals surface area (Å²) in [6.07, 6.45) is 0. The van der Waals surface area contributed by atoms with E-state index in [9.17, 15) is 14.0 Å². The summed E-state index contributed by atoms with van der Waals surface area (Å²) >= 11 is 0. The Morgan fingerprint density at radius 1 is 1.04 bits per heavy atom. The van der Waals surface area contributed by atoms with Crippen LogP contribution in [0.5, 0.6) is 0 Å². The normalized spacial score (nSPS) is 10.9. The minimum absolute atomic E-state index is 0.147. The van der Waals surface area contributed by atoms with Gasteiger partial charge in [0.1, 0.15) is 5.82 Å². The molecule has 0 fully saturated rings. The van der Waals surface area contributed by atoms with Crippen molar-refractivity contribution in [2.45, 2.75) is 6.92 Å². The van der Waals surface area contributed by atoms with Crippen molar-refractivity contribution in [3.8, 4) is 0 Å². The smallest absolute Gasteiger partial charge is 0.328 e. The van der Waals surface area contributed by atoms with Crippen LogP contribution in [0.4, 0.5) is 26.2 Å². The van der Waals surface area contributed by atoms with Crippen LogP contribution in [0.3, 0.4) is 0 Å². The van der Waals surface area contributed by atoms with Crippen LogP contribution < -0.4 is 21.2 Å². The van der Waals surface area contributed by atoms with Crippen molar-refractivity contribution in [2.24, 2.45) is 14.1 Å². The van der Waals surface area contributed by atoms with Crippen molar-refractivity contribution in [1.82, 2.24) is 9.13 Å². The molecule has 0 saturated heterocycles. The number of halogens is 1. The van der Waals surface area contributed by atoms with Crippen LogP contribution in [0.1, 0.15) is 5.56 Å². The Morgan fingerprint density at radius 2 is 1.67 bits per heavy atom. The third kappa shape index (κ3) is 3.38. The summed E-state index contributed by atoms with van der Waals surface area (Å²) in [7, 11) is 7.08. The molecule has 2 aromatic carbocycles. The standard InChI is InChI=1S/C19H22FN5O2/c1-11-6-7-12(8-13(11)20)21-18(26)22-14-9-16-17(10-15(14)23(2)3)25(5)19(27)24(16)4/h6-10H,1-5H3,(H2,21,22,26). The molecule has 0 aliphatic carbocycles. The topological polar surface area (TPSA) is 71.3 Å². The van der Waals surface area contributed by atoms with E-state index in [1.807, 2.05) is 25.1 Å². The van der Waals surface area contributed by atoms with Gasteiger partial charge >= 0.3 is 11.7 Å². The monoisotopic (exact) mass is 371 g/mol. The number of amides is 2. The highest BCUT2D eigenvalue weighted by Crippen LogP contribution is 2.30. The van der Waals surface area contributed by atoms with Gasteiger partial charge in [-0.2, -0.15) is 0 Å². The number of imidazole rings is 1. The summed E-state index contributed by atoms with van der Waals surface area (Å²) < 4.78 is 16.8. The number of carbonyl (C=O) groups excluding carboxylic acids is 1. The maximum absolute atomic E-state index is 13.7. The van der Waals surface area contributed by atoms with E-state index in [0.29, 0.717) is 22.5 Å². The number of nitrogens with zero attached hydrogens (tertiary/aromatic N) is 3. The largest absolute Gasteiger partial charge is 0.376 e. The lowest BCUT2D eigenvalue weighted by Gasteiger charge is -2.19. The van der Waals surface area contributed by atoms with Gasteiger partial charge in [-0.3, -0.25) is 9.13 Å². The zero-order chi connectivity index (χ0) is 19.9. The van der Waals surface area contributed by atoms with Gasteiger partial charge in [0.2, 0.25) is 0 Å². The van der Waals surface area contributed by atoms with Crippen molar-refractivity contribution in [1.29, 1.82) is 0 Å². The molecule has 0 bridgehead atoms. The van der Waals surface area contributed by atoms with E-state index in [0.717, 1.165) is 11.2 Å². The number of aromatic nitrogens is 2. The number of hydrogen-bond donors (Lipinski definition) is 2. The molecule has 3 aromatic rings. The van der Waals surface area contributed by atoms with Crippen molar-refractivity contribution >= 4 is 34.1 Å². The van der Waals surface area contributed by atoms with Crippen molar-refractivity contribution in [3.63, 3.8) is 0 Å². The second-order valence-corrected chi connectivity index (χ2v) is 6.70. The molecule has 27 heavy (non-hydrogen) atoms. The molecule has 1 aromatic heterocycles. The van der Waals surface area contributed by atoms with E-state index in [-0.39, 0.29) is 11.5 Å². The minimum atomic E-state index is -0.498. The fourth-order valence-corrected chi connectivity index (χ4v) is 2.96. The van der Waals surface area contributed by atoms with Gasteiger partial charge in [0.05, 0.1) is 22.4 Å². The first kappa shape index (κ1) is 18.5. The molecular weight excluding hydrogens is 349 g/mol. The Bertz CT molecular complexity index is 1100. The van der Waals surface area contributed by atoms with Crippen LogP contribution in [-0.2, 0) is 14.1 Å². The number of rotatable bonds is 3. The first-order valence-corrected chi connectivity index (χ1v) is 8.40. The Hall–Kier alpha value is -3.29. The van der Waals surface area contributed by atoms with Gasteiger partial charge in [-0.05, 0) is 36.8 Å². The Balaban J connectivity index is 1.96. The van der Waals surface area contributed by atoms with E-state index in [2.05, 4.69) is 10.6 Å². The summed E-state index contributed by atoms with van der Waals surface area (Å²) in [6.45, 7) is 1.65. The molecular formula is C19H22FN5O2. The zero-order valence-electron chi connectivity index (χ0n) is 15.9. The summed E-state index contributed by atoms with van der Waals surface area (Å²) in [5.74, 6) is -0.387. The van der Waals surface area contributed by atoms with E-state index in [1.165, 1.54) is 10.6 Å². The van der Waals surface area contributed by atoms with E-state index in [1.54, 1.807) is 43.8 Å². The van der Waals surface area contributed by atoms with Gasteiger partial charge in [0.25, 0.3) is 0 Å². The Labute approximate surface area is 156 Å². The molecule has 0 saturated carbocycles. The third-order valence-corrected chi connectivity index (χ3v) is 4.55. The number of aryl methyl sites for hydroxylation is 3. The summed E-state index contributed by atoms with van der Waals surface area (Å²) in [6, 6.07) is 7.60. The molecule has 0 aliphatic heterocycles. The molecule has 3 rings (SSSR count). The number of hydrogen-bond acceptors (Lipinski definition) is 3. The van der Waals surface area contributed by atoms with Crippen LogP contribution >= 0.6 is 0 Å². The summed E-state index contributed by atoms with van der Waals surface area (Å²) in [5.41, 5.74) is 3.46. The lowest BCUT2D eigenvalue weighted by atomic mass is 10.2. The highest BCUT2D eigenvalue weighted by atomic mass is 19.1. The lowest BCUT2D eigenvalue weighted by molar-refractivity contribution is 0.262. The number of nitrogens with one attached hydrogen (secondary N) is 2. The molecule has 8 heteroatoms. The molecule has 0 atom stereocenters. The fourth-order valence-electron chi connectivity index (χ4n) is 2.96. The maximum Gasteiger partial charge on any atom is 0.328 e. The van der Waals surface area contributed by atoms with Crippen LogP contribution in [-0.4, -0.2) is 29.3 Å². The van der Waals surface area contributed by atoms with Crippen molar-refractivity contribution < 1.29 is 9.18 Å². The van der Waals surface area contributed by atoms with Gasteiger partial charge in [-0.1, -0.05) is 6.07 Å². The average molecular weight is 371 g/mol. The number of anilines is 3. The first-order valence-electron chi connectivity index (χ1n) is 8.40. The minimum Gasteiger partial charge on any atom is -0.376 e. The maximum atomic E-state index is 13.7. The first-order chi connectivity index (χ1) is 12.7. The van der Waals surface area contributed by atoms with E-state index < -0.39 is 6.03 Å². The van der Waals surface area contributed by atoms with Crippen molar-refractivity contribution in [3.05, 3.63) is 52.2 Å². The molecule has 2 amide bonds. The quantitative estimate of drug-likeness (QED) is 0.743. The third-order valence-electron chi connectivity index (χ3n) is 4.55. The summed E-state index contributed by atoms with van der Waals surface area (Å²) in [4.78, 5) is 26.4. The van der Waals surface area contributed by atoms with Gasteiger partial charge in [-0.15, -0.1) is 0 Å². The van der Waals surface area contributed by atoms with Gasteiger partial charge in [0.15, 0.2) is 0 Å². The molecule has 142 valence electrons. The molecule has 0 radical (unpaired) electrons. The Morgan fingerprint density at radius 3 is 2.26 bits per heavy atom. The van der Waals surface area contributed by atoms with E-state index >= 15 is 0 Å². The molecule has 0 unspecified atom stereocenters. The average Bonchev–Trinajstić information content (AvgIpc) is 2.81. The van der Waals surface area contributed by atoms with E-state index in [4.69, 9.17) is 0 Å². The van der Waals surface area contributed by atoms with Crippen LogP contribution in [0, 0.1) is 12.7 Å². The van der Waals surface area contributed by atoms with Gasteiger partial charge in [-0.25, -0.2) is 14.0 Å². The summed E-state index contributed by atoms with van der Waals surface area (Å²) in [5, 5.41) is 5.41. The Kier molecular flexibility index (Phi) is 4.65. The molecule has 0 spiro atoms. The number of benzene rings is 2. The second kappa shape index (κ2) is 6.79. The predicted octanol–water partition coefficient (Wildman–Crippen LogP) is 3.03. The van der Waals surface area contributed by atoms with Gasteiger partial charge in [0, 0.05) is 33.9 Å². The SMILES string of the molecule is Cc1ccc(NC(=O)Nc2cc3c(cc2N(C)C)n(C)c(=O)n3C)cc1F. The lowest BCUT2D eigenvalue weighted by Crippen LogP contribution is -2.21. The van der Waals surface area contributed by atoms with Crippen LogP contribution in [0.15, 0.2) is 35.1 Å². The number of urea groups is 1. The highest BCUT2D eigenvalue weighted by Gasteiger charge is 2.15. The van der Waals surface area contributed by atoms with Gasteiger partial charge < -0.3 is 15.5 Å². The van der Waals surface area contributed by atoms with Crippen LogP contribution in [0.2, 0.25) is 0 Å². The molecule has 0 aliphatic rings. The molecule has 2 N–H and O–H groups in total. The molecule has 1 heterocycles. The number of carbonyl (C=O) groups is 1. The van der Waals surface area contributed by atoms with Crippen LogP contribution in [0.25, 0.3) is 11.0 Å². The van der Waals surface area contributed by atoms with Crippen molar-refractivity contribution in [2.75, 3.05) is 29.6 Å². The fraction of sp³-hybridized carbons (Fsp3) is 0.263. The number of fused-ring (bicyclic) bond motifs is 1.